The average Bonchev–Trinajstić information content (AvgIpc) is 2.68. The Balaban J connectivity index is 1.66. The van der Waals surface area contributed by atoms with E-state index in [4.69, 9.17) is 0 Å². The van der Waals surface area contributed by atoms with Crippen LogP contribution >= 0.6 is 0 Å². The maximum atomic E-state index is 12.0. The lowest BCUT2D eigenvalue weighted by molar-refractivity contribution is -0.122. The number of carbonyl (C=O) groups excluding carboxylic acids is 1. The number of amides is 1. The molecule has 0 atom stereocenters. The molecule has 26 heavy (non-hydrogen) atoms. The van der Waals surface area contributed by atoms with Crippen molar-refractivity contribution in [1.29, 1.82) is 5.26 Å². The molecule has 0 aliphatic carbocycles. The second-order valence-electron chi connectivity index (χ2n) is 7.51. The number of benzene rings is 1. The number of carbonyl (C=O) groups is 1. The lowest BCUT2D eigenvalue weighted by Gasteiger charge is -2.32. The van der Waals surface area contributed by atoms with E-state index >= 15 is 0 Å². The van der Waals surface area contributed by atoms with E-state index in [-0.39, 0.29) is 5.91 Å². The Morgan fingerprint density at radius 3 is 2.62 bits per heavy atom. The molecule has 0 bridgehead atoms. The van der Waals surface area contributed by atoms with Crippen molar-refractivity contribution in [2.45, 2.75) is 58.9 Å². The Morgan fingerprint density at radius 2 is 1.96 bits per heavy atom. The summed E-state index contributed by atoms with van der Waals surface area (Å²) in [4.78, 5) is 14.4. The fourth-order valence-electron chi connectivity index (χ4n) is 3.77. The summed E-state index contributed by atoms with van der Waals surface area (Å²) < 4.78 is 0. The lowest BCUT2D eigenvalue weighted by atomic mass is 9.93. The molecule has 0 spiro atoms. The quantitative estimate of drug-likeness (QED) is 0.725. The Kier molecular flexibility index (Phi) is 8.64. The number of hydrogen-bond donors (Lipinski definition) is 1. The largest absolute Gasteiger partial charge is 0.356 e. The van der Waals surface area contributed by atoms with Crippen LogP contribution in [0, 0.1) is 23.2 Å². The molecule has 0 aromatic heterocycles. The Hall–Kier alpha value is -1.86. The molecule has 1 aromatic carbocycles. The first-order valence-corrected chi connectivity index (χ1v) is 10.1. The zero-order valence-corrected chi connectivity index (χ0v) is 16.3. The topological polar surface area (TPSA) is 56.1 Å². The van der Waals surface area contributed by atoms with Crippen LogP contribution in [0.5, 0.6) is 0 Å². The minimum Gasteiger partial charge on any atom is -0.356 e. The standard InChI is InChI=1S/C22H33N3O/c1-3-18(4-2)15-22(26)24-12-9-19-10-13-25(14-11-19)17-21-8-6-5-7-20(21)16-23/h5-8,18-19H,3-4,9-15,17H2,1-2H3,(H,24,26). The molecule has 4 nitrogen and oxygen atoms in total. The van der Waals surface area contributed by atoms with Crippen molar-refractivity contribution in [1.82, 2.24) is 10.2 Å². The zero-order valence-electron chi connectivity index (χ0n) is 16.3. The third-order valence-electron chi connectivity index (χ3n) is 5.74. The van der Waals surface area contributed by atoms with Gasteiger partial charge in [0.25, 0.3) is 0 Å². The highest BCUT2D eigenvalue weighted by Crippen LogP contribution is 2.22. The number of piperidine rings is 1. The minimum absolute atomic E-state index is 0.212. The molecule has 0 saturated carbocycles. The molecule has 1 aliphatic rings. The Labute approximate surface area is 158 Å². The smallest absolute Gasteiger partial charge is 0.220 e. The molecule has 1 aromatic rings. The second kappa shape index (κ2) is 11.0. The van der Waals surface area contributed by atoms with Gasteiger partial charge in [0.2, 0.25) is 5.91 Å². The second-order valence-corrected chi connectivity index (χ2v) is 7.51. The van der Waals surface area contributed by atoms with Gasteiger partial charge >= 0.3 is 0 Å². The highest BCUT2D eigenvalue weighted by Gasteiger charge is 2.20. The van der Waals surface area contributed by atoms with Crippen LogP contribution in [-0.4, -0.2) is 30.4 Å². The summed E-state index contributed by atoms with van der Waals surface area (Å²) >= 11 is 0. The summed E-state index contributed by atoms with van der Waals surface area (Å²) in [5, 5.41) is 12.3. The van der Waals surface area contributed by atoms with E-state index in [0.717, 1.165) is 56.6 Å². The predicted octanol–water partition coefficient (Wildman–Crippen LogP) is 4.10. The molecule has 4 heteroatoms. The number of nitrogens with one attached hydrogen (secondary N) is 1. The highest BCUT2D eigenvalue weighted by atomic mass is 16.1. The van der Waals surface area contributed by atoms with Crippen molar-refractivity contribution in [3.63, 3.8) is 0 Å². The van der Waals surface area contributed by atoms with Crippen molar-refractivity contribution in [2.75, 3.05) is 19.6 Å². The first kappa shape index (κ1) is 20.5. The lowest BCUT2D eigenvalue weighted by Crippen LogP contribution is -2.35. The number of nitriles is 1. The van der Waals surface area contributed by atoms with Gasteiger partial charge in [-0.05, 0) is 55.8 Å². The molecule has 142 valence electrons. The Bertz CT molecular complexity index is 596. The summed E-state index contributed by atoms with van der Waals surface area (Å²) in [5.74, 6) is 1.43. The van der Waals surface area contributed by atoms with Crippen LogP contribution in [0.1, 0.15) is 63.5 Å². The monoisotopic (exact) mass is 355 g/mol. The van der Waals surface area contributed by atoms with Gasteiger partial charge in [-0.3, -0.25) is 9.69 Å². The SMILES string of the molecule is CCC(CC)CC(=O)NCCC1CCN(Cc2ccccc2C#N)CC1. The summed E-state index contributed by atoms with van der Waals surface area (Å²) in [6.07, 6.45) is 6.27. The first-order chi connectivity index (χ1) is 12.7. The molecule has 1 saturated heterocycles. The van der Waals surface area contributed by atoms with E-state index in [2.05, 4.69) is 36.2 Å². The maximum Gasteiger partial charge on any atom is 0.220 e. The van der Waals surface area contributed by atoms with E-state index in [1.54, 1.807) is 0 Å². The van der Waals surface area contributed by atoms with Crippen LogP contribution in [0.2, 0.25) is 0 Å². The van der Waals surface area contributed by atoms with Crippen LogP contribution in [-0.2, 0) is 11.3 Å². The van der Waals surface area contributed by atoms with Gasteiger partial charge in [0.05, 0.1) is 11.6 Å². The van der Waals surface area contributed by atoms with Crippen LogP contribution in [0.3, 0.4) is 0 Å². The fraction of sp³-hybridized carbons (Fsp3) is 0.636. The molecule has 1 N–H and O–H groups in total. The normalized spacial score (nSPS) is 15.8. The van der Waals surface area contributed by atoms with Gasteiger partial charge < -0.3 is 5.32 Å². The van der Waals surface area contributed by atoms with E-state index in [1.165, 1.54) is 12.8 Å². The number of rotatable bonds is 9. The van der Waals surface area contributed by atoms with Gasteiger partial charge in [0.1, 0.15) is 0 Å². The maximum absolute atomic E-state index is 12.0. The molecule has 0 unspecified atom stereocenters. The molecule has 0 radical (unpaired) electrons. The molecule has 1 heterocycles. The van der Waals surface area contributed by atoms with E-state index in [9.17, 15) is 10.1 Å². The molecule has 2 rings (SSSR count). The third-order valence-corrected chi connectivity index (χ3v) is 5.74. The van der Waals surface area contributed by atoms with Crippen molar-refractivity contribution in [3.05, 3.63) is 35.4 Å². The van der Waals surface area contributed by atoms with Gasteiger partial charge in [0.15, 0.2) is 0 Å². The molecular weight excluding hydrogens is 322 g/mol. The average molecular weight is 356 g/mol. The fourth-order valence-corrected chi connectivity index (χ4v) is 3.77. The van der Waals surface area contributed by atoms with Crippen molar-refractivity contribution < 1.29 is 4.79 Å². The summed E-state index contributed by atoms with van der Waals surface area (Å²) in [6, 6.07) is 10.2. The van der Waals surface area contributed by atoms with Gasteiger partial charge in [0, 0.05) is 19.5 Å². The van der Waals surface area contributed by atoms with E-state index in [1.807, 2.05) is 18.2 Å². The number of likely N-dealkylation sites (tertiary alicyclic amines) is 1. The van der Waals surface area contributed by atoms with E-state index < -0.39 is 0 Å². The van der Waals surface area contributed by atoms with Crippen molar-refractivity contribution >= 4 is 5.91 Å². The minimum atomic E-state index is 0.212. The van der Waals surface area contributed by atoms with Crippen molar-refractivity contribution in [3.8, 4) is 6.07 Å². The van der Waals surface area contributed by atoms with Crippen LogP contribution in [0.4, 0.5) is 0 Å². The van der Waals surface area contributed by atoms with Crippen LogP contribution in [0.25, 0.3) is 0 Å². The molecule has 1 aliphatic heterocycles. The van der Waals surface area contributed by atoms with Gasteiger partial charge in [-0.1, -0.05) is 44.9 Å². The third kappa shape index (κ3) is 6.46. The number of hydrogen-bond acceptors (Lipinski definition) is 3. The van der Waals surface area contributed by atoms with E-state index in [0.29, 0.717) is 18.3 Å². The highest BCUT2D eigenvalue weighted by molar-refractivity contribution is 5.76. The molecule has 1 fully saturated rings. The van der Waals surface area contributed by atoms with Crippen LogP contribution in [0.15, 0.2) is 24.3 Å². The Morgan fingerprint density at radius 1 is 1.27 bits per heavy atom. The van der Waals surface area contributed by atoms with Gasteiger partial charge in [-0.2, -0.15) is 5.26 Å². The van der Waals surface area contributed by atoms with Gasteiger partial charge in [-0.25, -0.2) is 0 Å². The predicted molar refractivity (Wildman–Crippen MR) is 105 cm³/mol. The summed E-state index contributed by atoms with van der Waals surface area (Å²) in [5.41, 5.74) is 1.91. The van der Waals surface area contributed by atoms with Crippen molar-refractivity contribution in [2.24, 2.45) is 11.8 Å². The number of nitrogens with zero attached hydrogens (tertiary/aromatic N) is 2. The summed E-state index contributed by atoms with van der Waals surface area (Å²) in [7, 11) is 0. The molecule has 1 amide bonds. The first-order valence-electron chi connectivity index (χ1n) is 10.1. The zero-order chi connectivity index (χ0) is 18.8. The van der Waals surface area contributed by atoms with Gasteiger partial charge in [-0.15, -0.1) is 0 Å². The summed E-state index contributed by atoms with van der Waals surface area (Å²) in [6.45, 7) is 8.14. The van der Waals surface area contributed by atoms with Crippen LogP contribution < -0.4 is 5.32 Å². The molecular formula is C22H33N3O.